The highest BCUT2D eigenvalue weighted by molar-refractivity contribution is 7.14. The van der Waals surface area contributed by atoms with Gasteiger partial charge in [0.05, 0.1) is 17.1 Å². The third kappa shape index (κ3) is 2.59. The zero-order valence-corrected chi connectivity index (χ0v) is 11.6. The van der Waals surface area contributed by atoms with Crippen LogP contribution in [0.15, 0.2) is 18.3 Å². The zero-order chi connectivity index (χ0) is 13.2. The number of carbonyl (C=O) groups excluding carboxylic acids is 1. The number of thiophene rings is 1. The topological polar surface area (TPSA) is 59.8 Å². The highest BCUT2D eigenvalue weighted by Crippen LogP contribution is 2.20. The smallest absolute Gasteiger partial charge is 0.224 e. The normalized spacial score (nSPS) is 16.7. The highest BCUT2D eigenvalue weighted by Gasteiger charge is 2.20. The second-order valence-electron chi connectivity index (χ2n) is 4.80. The van der Waals surface area contributed by atoms with Crippen LogP contribution in [0.2, 0.25) is 0 Å². The lowest BCUT2D eigenvalue weighted by Gasteiger charge is -2.21. The summed E-state index contributed by atoms with van der Waals surface area (Å²) >= 11 is 1.50. The van der Waals surface area contributed by atoms with Crippen LogP contribution in [0.1, 0.15) is 39.1 Å². The fourth-order valence-electron chi connectivity index (χ4n) is 2.31. The van der Waals surface area contributed by atoms with Gasteiger partial charge in [0.25, 0.3) is 0 Å². The van der Waals surface area contributed by atoms with Crippen LogP contribution < -0.4 is 5.32 Å². The number of rotatable bonds is 3. The van der Waals surface area contributed by atoms with E-state index < -0.39 is 0 Å². The van der Waals surface area contributed by atoms with Crippen molar-refractivity contribution in [3.63, 3.8) is 0 Å². The number of aryl methyl sites for hydroxylation is 1. The number of carbonyl (C=O) groups is 1. The lowest BCUT2D eigenvalue weighted by Crippen LogP contribution is -2.29. The number of nitrogens with one attached hydrogen (secondary N) is 1. The van der Waals surface area contributed by atoms with E-state index in [4.69, 9.17) is 0 Å². The molecule has 0 atom stereocenters. The van der Waals surface area contributed by atoms with Crippen molar-refractivity contribution in [2.45, 2.75) is 25.8 Å². The Kier molecular flexibility index (Phi) is 3.44. The Morgan fingerprint density at radius 2 is 2.21 bits per heavy atom. The van der Waals surface area contributed by atoms with Gasteiger partial charge in [0.2, 0.25) is 5.78 Å². The molecule has 1 aliphatic heterocycles. The summed E-state index contributed by atoms with van der Waals surface area (Å²) in [6, 6.07) is 4.17. The van der Waals surface area contributed by atoms with E-state index in [1.54, 1.807) is 6.20 Å². The van der Waals surface area contributed by atoms with E-state index >= 15 is 0 Å². The molecular weight excluding hydrogens is 260 g/mol. The van der Waals surface area contributed by atoms with Crippen molar-refractivity contribution in [2.24, 2.45) is 0 Å². The summed E-state index contributed by atoms with van der Waals surface area (Å²) in [6.07, 6.45) is 3.86. The molecule has 0 aromatic carbocycles. The molecule has 3 heterocycles. The molecule has 0 amide bonds. The number of ketones is 1. The van der Waals surface area contributed by atoms with Crippen LogP contribution in [-0.4, -0.2) is 33.9 Å². The summed E-state index contributed by atoms with van der Waals surface area (Å²) in [5.74, 6) is -0.0294. The van der Waals surface area contributed by atoms with Crippen LogP contribution in [0, 0.1) is 6.92 Å². The first-order valence-corrected chi connectivity index (χ1v) is 7.29. The minimum Gasteiger partial charge on any atom is -0.317 e. The first-order valence-electron chi connectivity index (χ1n) is 6.48. The third-order valence-corrected chi connectivity index (χ3v) is 4.39. The van der Waals surface area contributed by atoms with Crippen molar-refractivity contribution in [3.8, 4) is 0 Å². The van der Waals surface area contributed by atoms with E-state index in [0.717, 1.165) is 35.7 Å². The SMILES string of the molecule is Cc1ccc(C(=O)c2cn(C3CCNCC3)nn2)s1. The second kappa shape index (κ2) is 5.22. The molecule has 0 aliphatic carbocycles. The molecule has 0 unspecified atom stereocenters. The minimum atomic E-state index is -0.0294. The van der Waals surface area contributed by atoms with Gasteiger partial charge in [-0.3, -0.25) is 4.79 Å². The molecule has 6 heteroatoms. The third-order valence-electron chi connectivity index (χ3n) is 3.39. The van der Waals surface area contributed by atoms with Gasteiger partial charge in [-0.05, 0) is 45.0 Å². The summed E-state index contributed by atoms with van der Waals surface area (Å²) in [5, 5.41) is 11.5. The Morgan fingerprint density at radius 3 is 2.89 bits per heavy atom. The lowest BCUT2D eigenvalue weighted by molar-refractivity contribution is 0.103. The molecule has 0 spiro atoms. The average Bonchev–Trinajstić information content (AvgIpc) is 3.08. The number of piperidine rings is 1. The zero-order valence-electron chi connectivity index (χ0n) is 10.8. The Hall–Kier alpha value is -1.53. The summed E-state index contributed by atoms with van der Waals surface area (Å²) in [7, 11) is 0. The molecule has 100 valence electrons. The molecule has 1 aliphatic rings. The van der Waals surface area contributed by atoms with Crippen LogP contribution in [0.5, 0.6) is 0 Å². The second-order valence-corrected chi connectivity index (χ2v) is 6.09. The largest absolute Gasteiger partial charge is 0.317 e. The van der Waals surface area contributed by atoms with Gasteiger partial charge in [-0.2, -0.15) is 0 Å². The van der Waals surface area contributed by atoms with Crippen LogP contribution in [0.4, 0.5) is 0 Å². The summed E-state index contributed by atoms with van der Waals surface area (Å²) < 4.78 is 1.84. The summed E-state index contributed by atoms with van der Waals surface area (Å²) in [5.41, 5.74) is 0.445. The molecule has 3 rings (SSSR count). The molecule has 0 bridgehead atoms. The van der Waals surface area contributed by atoms with Crippen molar-refractivity contribution in [1.82, 2.24) is 20.3 Å². The van der Waals surface area contributed by atoms with E-state index in [-0.39, 0.29) is 5.78 Å². The van der Waals surface area contributed by atoms with Gasteiger partial charge in [-0.1, -0.05) is 5.21 Å². The average molecular weight is 276 g/mol. The van der Waals surface area contributed by atoms with Gasteiger partial charge in [0, 0.05) is 4.88 Å². The van der Waals surface area contributed by atoms with E-state index in [9.17, 15) is 4.79 Å². The Morgan fingerprint density at radius 1 is 1.42 bits per heavy atom. The minimum absolute atomic E-state index is 0.0294. The van der Waals surface area contributed by atoms with Crippen molar-refractivity contribution in [2.75, 3.05) is 13.1 Å². The van der Waals surface area contributed by atoms with Gasteiger partial charge in [-0.15, -0.1) is 16.4 Å². The van der Waals surface area contributed by atoms with E-state index in [0.29, 0.717) is 11.7 Å². The van der Waals surface area contributed by atoms with Crippen LogP contribution in [0.3, 0.4) is 0 Å². The number of aromatic nitrogens is 3. The van der Waals surface area contributed by atoms with Crippen LogP contribution >= 0.6 is 11.3 Å². The maximum absolute atomic E-state index is 12.2. The van der Waals surface area contributed by atoms with E-state index in [2.05, 4.69) is 15.6 Å². The molecule has 2 aromatic rings. The van der Waals surface area contributed by atoms with Gasteiger partial charge < -0.3 is 5.32 Å². The standard InChI is InChI=1S/C13H16N4OS/c1-9-2-3-12(19-9)13(18)11-8-17(16-15-11)10-4-6-14-7-5-10/h2-3,8,10,14H,4-7H2,1H3. The fraction of sp³-hybridized carbons (Fsp3) is 0.462. The molecular formula is C13H16N4OS. The van der Waals surface area contributed by atoms with Crippen LogP contribution in [0.25, 0.3) is 0 Å². The van der Waals surface area contributed by atoms with E-state index in [1.165, 1.54) is 11.3 Å². The van der Waals surface area contributed by atoms with Crippen molar-refractivity contribution in [1.29, 1.82) is 0 Å². The fourth-order valence-corrected chi connectivity index (χ4v) is 3.13. The van der Waals surface area contributed by atoms with Gasteiger partial charge in [-0.25, -0.2) is 4.68 Å². The Labute approximate surface area is 115 Å². The first kappa shape index (κ1) is 12.5. The Bertz CT molecular complexity index is 583. The molecule has 1 fully saturated rings. The number of hydrogen-bond acceptors (Lipinski definition) is 5. The molecule has 0 radical (unpaired) electrons. The molecule has 5 nitrogen and oxygen atoms in total. The monoisotopic (exact) mass is 276 g/mol. The first-order chi connectivity index (χ1) is 9.24. The predicted octanol–water partition coefficient (Wildman–Crippen LogP) is 1.80. The van der Waals surface area contributed by atoms with Gasteiger partial charge in [0.15, 0.2) is 5.69 Å². The van der Waals surface area contributed by atoms with Gasteiger partial charge >= 0.3 is 0 Å². The predicted molar refractivity (Wildman–Crippen MR) is 73.7 cm³/mol. The van der Waals surface area contributed by atoms with Crippen LogP contribution in [-0.2, 0) is 0 Å². The maximum atomic E-state index is 12.2. The summed E-state index contributed by atoms with van der Waals surface area (Å²) in [6.45, 7) is 3.99. The maximum Gasteiger partial charge on any atom is 0.224 e. The highest BCUT2D eigenvalue weighted by atomic mass is 32.1. The Balaban J connectivity index is 1.78. The van der Waals surface area contributed by atoms with Gasteiger partial charge in [0.1, 0.15) is 0 Å². The van der Waals surface area contributed by atoms with Crippen molar-refractivity contribution >= 4 is 17.1 Å². The summed E-state index contributed by atoms with van der Waals surface area (Å²) in [4.78, 5) is 14.1. The van der Waals surface area contributed by atoms with Crippen molar-refractivity contribution in [3.05, 3.63) is 33.8 Å². The molecule has 2 aromatic heterocycles. The van der Waals surface area contributed by atoms with Crippen molar-refractivity contribution < 1.29 is 4.79 Å². The number of nitrogens with zero attached hydrogens (tertiary/aromatic N) is 3. The molecule has 1 saturated heterocycles. The van der Waals surface area contributed by atoms with E-state index in [1.807, 2.05) is 23.7 Å². The lowest BCUT2D eigenvalue weighted by atomic mass is 10.1. The number of hydrogen-bond donors (Lipinski definition) is 1. The molecule has 19 heavy (non-hydrogen) atoms. The molecule has 1 N–H and O–H groups in total. The quantitative estimate of drug-likeness (QED) is 0.869. The molecule has 0 saturated carbocycles.